The van der Waals surface area contributed by atoms with Crippen LogP contribution in [0.5, 0.6) is 0 Å². The molecule has 0 aliphatic carbocycles. The Kier molecular flexibility index (Phi) is 4.63. The summed E-state index contributed by atoms with van der Waals surface area (Å²) in [5.41, 5.74) is 6.63. The Hall–Kier alpha value is -1.92. The number of hydrogen-bond donors (Lipinski definition) is 1. The van der Waals surface area contributed by atoms with Crippen LogP contribution in [0.2, 0.25) is 0 Å². The third-order valence-corrected chi connectivity index (χ3v) is 4.70. The zero-order valence-corrected chi connectivity index (χ0v) is 13.5. The average molecular weight is 316 g/mol. The lowest BCUT2D eigenvalue weighted by molar-refractivity contribution is -0.134. The van der Waals surface area contributed by atoms with Gasteiger partial charge in [0.25, 0.3) is 0 Å². The van der Waals surface area contributed by atoms with Gasteiger partial charge in [0.05, 0.1) is 12.1 Å². The monoisotopic (exact) mass is 316 g/mol. The molecule has 2 fully saturated rings. The maximum Gasteiger partial charge on any atom is 0.244 e. The predicted octanol–water partition coefficient (Wildman–Crippen LogP) is 0.283. The normalized spacial score (nSPS) is 24.1. The number of nitrogens with two attached hydrogens (primary N) is 1. The van der Waals surface area contributed by atoms with Gasteiger partial charge in [-0.1, -0.05) is 18.2 Å². The van der Waals surface area contributed by atoms with Crippen molar-refractivity contribution in [1.82, 2.24) is 9.80 Å². The number of nitrogens with zero attached hydrogens (tertiary/aromatic N) is 3. The van der Waals surface area contributed by atoms with Crippen LogP contribution < -0.4 is 10.6 Å². The van der Waals surface area contributed by atoms with Gasteiger partial charge in [0.15, 0.2) is 0 Å². The average Bonchev–Trinajstić information content (AvgIpc) is 2.96. The summed E-state index contributed by atoms with van der Waals surface area (Å²) in [6, 6.07) is 9.28. The minimum absolute atomic E-state index is 0.00619. The Bertz CT molecular complexity index is 567. The molecule has 3 rings (SSSR count). The lowest BCUT2D eigenvalue weighted by atomic mass is 10.1. The summed E-state index contributed by atoms with van der Waals surface area (Å²) in [6.45, 7) is 5.24. The first-order valence-electron chi connectivity index (χ1n) is 8.23. The molecule has 0 aromatic heterocycles. The van der Waals surface area contributed by atoms with Gasteiger partial charge >= 0.3 is 0 Å². The first kappa shape index (κ1) is 16.0. The number of hydrogen-bond acceptors (Lipinski definition) is 4. The molecule has 2 saturated heterocycles. The predicted molar refractivity (Wildman–Crippen MR) is 89.0 cm³/mol. The van der Waals surface area contributed by atoms with E-state index in [1.807, 2.05) is 35.2 Å². The molecular weight excluding hydrogens is 292 g/mol. The van der Waals surface area contributed by atoms with Crippen molar-refractivity contribution in [3.05, 3.63) is 30.3 Å². The van der Waals surface area contributed by atoms with E-state index in [4.69, 9.17) is 5.73 Å². The maximum atomic E-state index is 12.7. The summed E-state index contributed by atoms with van der Waals surface area (Å²) >= 11 is 0. The van der Waals surface area contributed by atoms with Crippen LogP contribution >= 0.6 is 0 Å². The van der Waals surface area contributed by atoms with E-state index in [0.717, 1.165) is 31.7 Å². The number of para-hydroxylation sites is 1. The van der Waals surface area contributed by atoms with Crippen molar-refractivity contribution in [3.63, 3.8) is 0 Å². The van der Waals surface area contributed by atoms with E-state index >= 15 is 0 Å². The molecule has 0 saturated carbocycles. The highest BCUT2D eigenvalue weighted by atomic mass is 16.2. The lowest BCUT2D eigenvalue weighted by Gasteiger charge is -2.37. The molecule has 1 unspecified atom stereocenters. The fraction of sp³-hybridized carbons (Fsp3) is 0.529. The molecule has 1 aromatic rings. The Morgan fingerprint density at radius 1 is 1.13 bits per heavy atom. The quantitative estimate of drug-likeness (QED) is 0.870. The van der Waals surface area contributed by atoms with Crippen molar-refractivity contribution < 1.29 is 9.59 Å². The highest BCUT2D eigenvalue weighted by molar-refractivity contribution is 5.99. The van der Waals surface area contributed by atoms with Crippen LogP contribution in [0, 0.1) is 0 Å². The molecule has 2 aliphatic rings. The van der Waals surface area contributed by atoms with Crippen molar-refractivity contribution >= 4 is 17.5 Å². The van der Waals surface area contributed by atoms with E-state index in [2.05, 4.69) is 4.90 Å². The number of anilines is 1. The molecule has 0 spiro atoms. The minimum atomic E-state index is -0.455. The molecule has 124 valence electrons. The van der Waals surface area contributed by atoms with E-state index in [1.165, 1.54) is 0 Å². The smallest absolute Gasteiger partial charge is 0.244 e. The fourth-order valence-corrected chi connectivity index (χ4v) is 3.41. The SMILES string of the molecule is C[C@H](N)C(=O)N1CCN(C2CCN(c3ccccc3)C2=O)CC1. The largest absolute Gasteiger partial charge is 0.339 e. The topological polar surface area (TPSA) is 69.9 Å². The van der Waals surface area contributed by atoms with Crippen LogP contribution in [0.15, 0.2) is 30.3 Å². The van der Waals surface area contributed by atoms with Crippen LogP contribution in [-0.2, 0) is 9.59 Å². The van der Waals surface area contributed by atoms with Crippen molar-refractivity contribution in [2.24, 2.45) is 5.73 Å². The highest BCUT2D eigenvalue weighted by Gasteiger charge is 2.38. The van der Waals surface area contributed by atoms with Gasteiger partial charge in [-0.25, -0.2) is 0 Å². The molecule has 2 heterocycles. The second-order valence-corrected chi connectivity index (χ2v) is 6.28. The zero-order chi connectivity index (χ0) is 16.4. The number of rotatable bonds is 3. The zero-order valence-electron chi connectivity index (χ0n) is 13.5. The first-order chi connectivity index (χ1) is 11.1. The van der Waals surface area contributed by atoms with Gasteiger partial charge in [-0.3, -0.25) is 14.5 Å². The molecule has 2 N–H and O–H groups in total. The molecule has 23 heavy (non-hydrogen) atoms. The number of piperazine rings is 1. The van der Waals surface area contributed by atoms with Gasteiger partial charge in [0.1, 0.15) is 0 Å². The van der Waals surface area contributed by atoms with Crippen LogP contribution in [-0.4, -0.2) is 66.4 Å². The van der Waals surface area contributed by atoms with Crippen molar-refractivity contribution in [3.8, 4) is 0 Å². The van der Waals surface area contributed by atoms with Gasteiger partial charge in [-0.15, -0.1) is 0 Å². The molecule has 6 heteroatoms. The summed E-state index contributed by atoms with van der Waals surface area (Å²) < 4.78 is 0. The summed E-state index contributed by atoms with van der Waals surface area (Å²) in [6.07, 6.45) is 0.842. The first-order valence-corrected chi connectivity index (χ1v) is 8.23. The van der Waals surface area contributed by atoms with Crippen LogP contribution in [0.3, 0.4) is 0 Å². The number of carbonyl (C=O) groups is 2. The lowest BCUT2D eigenvalue weighted by Crippen LogP contribution is -2.56. The molecule has 1 aromatic carbocycles. The van der Waals surface area contributed by atoms with Crippen LogP contribution in [0.1, 0.15) is 13.3 Å². The van der Waals surface area contributed by atoms with E-state index in [-0.39, 0.29) is 17.9 Å². The van der Waals surface area contributed by atoms with Gasteiger partial charge in [0, 0.05) is 38.4 Å². The minimum Gasteiger partial charge on any atom is -0.339 e. The molecule has 0 radical (unpaired) electrons. The van der Waals surface area contributed by atoms with E-state index in [1.54, 1.807) is 11.8 Å². The summed E-state index contributed by atoms with van der Waals surface area (Å²) in [7, 11) is 0. The van der Waals surface area contributed by atoms with Gasteiger partial charge in [-0.05, 0) is 25.5 Å². The third-order valence-electron chi connectivity index (χ3n) is 4.70. The Balaban J connectivity index is 1.60. The van der Waals surface area contributed by atoms with E-state index < -0.39 is 6.04 Å². The third kappa shape index (κ3) is 3.23. The number of amides is 2. The summed E-state index contributed by atoms with van der Waals surface area (Å²) in [5.74, 6) is 0.163. The van der Waals surface area contributed by atoms with Gasteiger partial charge < -0.3 is 15.5 Å². The summed E-state index contributed by atoms with van der Waals surface area (Å²) in [5, 5.41) is 0. The number of benzene rings is 1. The Morgan fingerprint density at radius 3 is 2.39 bits per heavy atom. The molecule has 2 amide bonds. The Morgan fingerprint density at radius 2 is 1.78 bits per heavy atom. The summed E-state index contributed by atoms with van der Waals surface area (Å²) in [4.78, 5) is 30.5. The standard InChI is InChI=1S/C17H24N4O2/c1-13(18)16(22)20-11-9-19(10-12-20)15-7-8-21(17(15)23)14-5-3-2-4-6-14/h2-6,13,15H,7-12,18H2,1H3/t13-,15?/m0/s1. The van der Waals surface area contributed by atoms with E-state index in [9.17, 15) is 9.59 Å². The van der Waals surface area contributed by atoms with Crippen molar-refractivity contribution in [1.29, 1.82) is 0 Å². The van der Waals surface area contributed by atoms with Crippen LogP contribution in [0.4, 0.5) is 5.69 Å². The Labute approximate surface area is 136 Å². The van der Waals surface area contributed by atoms with Crippen molar-refractivity contribution in [2.75, 3.05) is 37.6 Å². The molecular formula is C17H24N4O2. The van der Waals surface area contributed by atoms with Crippen LogP contribution in [0.25, 0.3) is 0 Å². The van der Waals surface area contributed by atoms with Gasteiger partial charge in [-0.2, -0.15) is 0 Å². The maximum absolute atomic E-state index is 12.7. The van der Waals surface area contributed by atoms with Gasteiger partial charge in [0.2, 0.25) is 11.8 Å². The van der Waals surface area contributed by atoms with Crippen molar-refractivity contribution in [2.45, 2.75) is 25.4 Å². The molecule has 2 aliphatic heterocycles. The number of carbonyl (C=O) groups excluding carboxylic acids is 2. The van der Waals surface area contributed by atoms with E-state index in [0.29, 0.717) is 13.1 Å². The molecule has 0 bridgehead atoms. The highest BCUT2D eigenvalue weighted by Crippen LogP contribution is 2.24. The molecule has 2 atom stereocenters. The molecule has 6 nitrogen and oxygen atoms in total. The fourth-order valence-electron chi connectivity index (χ4n) is 3.41. The second-order valence-electron chi connectivity index (χ2n) is 6.28. The second kappa shape index (κ2) is 6.68.